The SMILES string of the molecule is COCC1(Cn2cc(C(=O)c3c(F)ccc4c3C(=O)OC43CCNCC3)c3ccc(Cl)cc32)CC1. The summed E-state index contributed by atoms with van der Waals surface area (Å²) in [5.74, 6) is -1.87. The smallest absolute Gasteiger partial charge is 0.340 e. The van der Waals surface area contributed by atoms with E-state index in [-0.39, 0.29) is 16.5 Å². The number of carbonyl (C=O) groups is 2. The van der Waals surface area contributed by atoms with Gasteiger partial charge in [0, 0.05) is 59.6 Å². The van der Waals surface area contributed by atoms with Gasteiger partial charge in [-0.15, -0.1) is 0 Å². The number of piperidine rings is 1. The van der Waals surface area contributed by atoms with Crippen molar-refractivity contribution in [2.24, 2.45) is 5.41 Å². The van der Waals surface area contributed by atoms with Crippen molar-refractivity contribution in [3.05, 3.63) is 69.6 Å². The molecule has 2 aromatic carbocycles. The molecule has 2 fully saturated rings. The van der Waals surface area contributed by atoms with E-state index in [1.165, 1.54) is 6.07 Å². The van der Waals surface area contributed by atoms with Gasteiger partial charge in [0.25, 0.3) is 0 Å². The fourth-order valence-electron chi connectivity index (χ4n) is 5.78. The van der Waals surface area contributed by atoms with Gasteiger partial charge in [-0.1, -0.05) is 23.7 Å². The minimum absolute atomic E-state index is 0.0216. The summed E-state index contributed by atoms with van der Waals surface area (Å²) in [6, 6.07) is 8.21. The molecule has 1 saturated heterocycles. The number of ketones is 1. The molecule has 1 saturated carbocycles. The molecule has 8 heteroatoms. The number of carbonyl (C=O) groups excluding carboxylic acids is 2. The molecule has 3 aliphatic rings. The number of methoxy groups -OCH3 is 1. The Labute approximate surface area is 207 Å². The van der Waals surface area contributed by atoms with E-state index >= 15 is 4.39 Å². The third-order valence-electron chi connectivity index (χ3n) is 7.78. The molecular weight excluding hydrogens is 471 g/mol. The number of aromatic nitrogens is 1. The van der Waals surface area contributed by atoms with Crippen molar-refractivity contribution in [2.75, 3.05) is 26.8 Å². The normalized spacial score (nSPS) is 19.7. The highest BCUT2D eigenvalue weighted by Gasteiger charge is 2.49. The topological polar surface area (TPSA) is 69.6 Å². The summed E-state index contributed by atoms with van der Waals surface area (Å²) < 4.78 is 28.5. The van der Waals surface area contributed by atoms with Crippen LogP contribution in [0.3, 0.4) is 0 Å². The second kappa shape index (κ2) is 8.15. The Morgan fingerprint density at radius 2 is 1.97 bits per heavy atom. The fourth-order valence-corrected chi connectivity index (χ4v) is 5.95. The van der Waals surface area contributed by atoms with Gasteiger partial charge in [-0.2, -0.15) is 0 Å². The number of hydrogen-bond acceptors (Lipinski definition) is 5. The van der Waals surface area contributed by atoms with Crippen LogP contribution < -0.4 is 5.32 Å². The van der Waals surface area contributed by atoms with Gasteiger partial charge in [-0.3, -0.25) is 4.79 Å². The minimum atomic E-state index is -0.805. The van der Waals surface area contributed by atoms with Gasteiger partial charge in [-0.25, -0.2) is 9.18 Å². The van der Waals surface area contributed by atoms with Crippen molar-refractivity contribution >= 4 is 34.3 Å². The molecule has 0 radical (unpaired) electrons. The molecule has 182 valence electrons. The Morgan fingerprint density at radius 1 is 1.20 bits per heavy atom. The van der Waals surface area contributed by atoms with E-state index in [1.54, 1.807) is 31.5 Å². The summed E-state index contributed by atoms with van der Waals surface area (Å²) in [5, 5.41) is 4.49. The summed E-state index contributed by atoms with van der Waals surface area (Å²) in [6.07, 6.45) is 5.01. The van der Waals surface area contributed by atoms with Crippen LogP contribution in [0.1, 0.15) is 57.5 Å². The Balaban J connectivity index is 1.48. The van der Waals surface area contributed by atoms with E-state index in [2.05, 4.69) is 5.32 Å². The Bertz CT molecular complexity index is 1370. The Hall–Kier alpha value is -2.74. The zero-order valence-corrected chi connectivity index (χ0v) is 20.2. The van der Waals surface area contributed by atoms with E-state index < -0.39 is 23.2 Å². The molecule has 3 heterocycles. The van der Waals surface area contributed by atoms with Crippen LogP contribution in [0.5, 0.6) is 0 Å². The molecule has 6 nitrogen and oxygen atoms in total. The number of rotatable bonds is 6. The maximum absolute atomic E-state index is 15.3. The van der Waals surface area contributed by atoms with Crippen LogP contribution in [0.15, 0.2) is 36.5 Å². The molecule has 3 aromatic rings. The molecule has 6 rings (SSSR count). The molecule has 0 atom stereocenters. The largest absolute Gasteiger partial charge is 0.450 e. The highest BCUT2D eigenvalue weighted by molar-refractivity contribution is 6.31. The summed E-state index contributed by atoms with van der Waals surface area (Å²) >= 11 is 6.30. The van der Waals surface area contributed by atoms with E-state index in [0.717, 1.165) is 18.4 Å². The third kappa shape index (κ3) is 3.60. The van der Waals surface area contributed by atoms with Crippen LogP contribution in [-0.2, 0) is 21.6 Å². The maximum atomic E-state index is 15.3. The summed E-state index contributed by atoms with van der Waals surface area (Å²) in [5.41, 5.74) is 0.816. The average Bonchev–Trinajstić information content (AvgIpc) is 3.43. The van der Waals surface area contributed by atoms with Crippen molar-refractivity contribution in [1.29, 1.82) is 0 Å². The standard InChI is InChI=1S/C27H26ClFN2O4/c1-34-15-26(6-7-26)14-31-13-18(17-3-2-16(28)12-21(17)31)24(32)23-20(29)5-4-19-22(23)25(33)35-27(19)8-10-30-11-9-27/h2-5,12-13,30H,6-11,14-15H2,1H3. The van der Waals surface area contributed by atoms with Crippen molar-refractivity contribution < 1.29 is 23.5 Å². The Morgan fingerprint density at radius 3 is 2.69 bits per heavy atom. The lowest BCUT2D eigenvalue weighted by Crippen LogP contribution is -2.40. The van der Waals surface area contributed by atoms with Crippen LogP contribution >= 0.6 is 11.6 Å². The molecule has 2 aliphatic heterocycles. The number of nitrogens with one attached hydrogen (secondary N) is 1. The predicted molar refractivity (Wildman–Crippen MR) is 130 cm³/mol. The van der Waals surface area contributed by atoms with Crippen LogP contribution in [0.4, 0.5) is 4.39 Å². The second-order valence-corrected chi connectivity index (χ2v) is 10.5. The zero-order valence-electron chi connectivity index (χ0n) is 19.5. The van der Waals surface area contributed by atoms with E-state index in [4.69, 9.17) is 21.1 Å². The number of benzene rings is 2. The molecule has 1 N–H and O–H groups in total. The molecular formula is C27H26ClFN2O4. The van der Waals surface area contributed by atoms with E-state index in [1.807, 2.05) is 10.6 Å². The Kier molecular flexibility index (Phi) is 5.29. The van der Waals surface area contributed by atoms with Gasteiger partial charge in [0.1, 0.15) is 11.4 Å². The number of ether oxygens (including phenoxy) is 2. The van der Waals surface area contributed by atoms with Gasteiger partial charge in [-0.05, 0) is 44.1 Å². The lowest BCUT2D eigenvalue weighted by atomic mass is 9.82. The van der Waals surface area contributed by atoms with Crippen LogP contribution in [0.25, 0.3) is 10.9 Å². The molecule has 0 unspecified atom stereocenters. The van der Waals surface area contributed by atoms with Crippen molar-refractivity contribution in [3.8, 4) is 0 Å². The van der Waals surface area contributed by atoms with Crippen molar-refractivity contribution in [1.82, 2.24) is 9.88 Å². The number of halogens is 2. The molecule has 1 aliphatic carbocycles. The second-order valence-electron chi connectivity index (χ2n) is 10.1. The van der Waals surface area contributed by atoms with Crippen molar-refractivity contribution in [3.63, 3.8) is 0 Å². The van der Waals surface area contributed by atoms with Crippen molar-refractivity contribution in [2.45, 2.75) is 37.8 Å². The first-order chi connectivity index (χ1) is 16.9. The van der Waals surface area contributed by atoms with E-state index in [0.29, 0.717) is 60.6 Å². The number of nitrogens with zero attached hydrogens (tertiary/aromatic N) is 1. The first-order valence-electron chi connectivity index (χ1n) is 12.0. The summed E-state index contributed by atoms with van der Waals surface area (Å²) in [4.78, 5) is 27.0. The first-order valence-corrected chi connectivity index (χ1v) is 12.3. The number of fused-ring (bicyclic) bond motifs is 3. The highest BCUT2D eigenvalue weighted by Crippen LogP contribution is 2.48. The molecule has 0 bridgehead atoms. The van der Waals surface area contributed by atoms with Crippen LogP contribution in [0.2, 0.25) is 5.02 Å². The quantitative estimate of drug-likeness (QED) is 0.390. The monoisotopic (exact) mass is 496 g/mol. The van der Waals surface area contributed by atoms with Crippen LogP contribution in [-0.4, -0.2) is 43.1 Å². The molecule has 35 heavy (non-hydrogen) atoms. The zero-order chi connectivity index (χ0) is 24.4. The molecule has 1 aromatic heterocycles. The average molecular weight is 497 g/mol. The number of hydrogen-bond donors (Lipinski definition) is 1. The van der Waals surface area contributed by atoms with E-state index in [9.17, 15) is 9.59 Å². The van der Waals surface area contributed by atoms with Gasteiger partial charge in [0.05, 0.1) is 23.3 Å². The maximum Gasteiger partial charge on any atom is 0.340 e. The summed E-state index contributed by atoms with van der Waals surface area (Å²) in [6.45, 7) is 2.66. The molecule has 1 spiro atoms. The van der Waals surface area contributed by atoms with Gasteiger partial charge in [0.2, 0.25) is 0 Å². The van der Waals surface area contributed by atoms with Gasteiger partial charge < -0.3 is 19.4 Å². The van der Waals surface area contributed by atoms with Gasteiger partial charge >= 0.3 is 5.97 Å². The minimum Gasteiger partial charge on any atom is -0.450 e. The highest BCUT2D eigenvalue weighted by atomic mass is 35.5. The molecule has 0 amide bonds. The third-order valence-corrected chi connectivity index (χ3v) is 8.01. The number of esters is 1. The predicted octanol–water partition coefficient (Wildman–Crippen LogP) is 4.84. The van der Waals surface area contributed by atoms with Gasteiger partial charge in [0.15, 0.2) is 5.78 Å². The lowest BCUT2D eigenvalue weighted by Gasteiger charge is -2.33. The fraction of sp³-hybridized carbons (Fsp3) is 0.407. The summed E-state index contributed by atoms with van der Waals surface area (Å²) in [7, 11) is 1.69. The lowest BCUT2D eigenvalue weighted by molar-refractivity contribution is -0.0242. The first kappa shape index (κ1) is 22.7. The van der Waals surface area contributed by atoms with Crippen LogP contribution in [0, 0.1) is 11.2 Å².